The minimum atomic E-state index is -0.0442. The Morgan fingerprint density at radius 3 is 1.52 bits per heavy atom. The largest absolute Gasteiger partial charge is 0.243 e. The fraction of sp³-hybridized carbons (Fsp3) is 0.0690. The van der Waals surface area contributed by atoms with Crippen LogP contribution in [0, 0.1) is 35.8 Å². The highest BCUT2D eigenvalue weighted by Crippen LogP contribution is 2.46. The monoisotopic (exact) mass is 777 g/mol. The topological polar surface area (TPSA) is 69.2 Å². The number of pyridine rings is 1. The second-order valence-corrected chi connectivity index (χ2v) is 12.3. The van der Waals surface area contributed by atoms with E-state index in [9.17, 15) is 10.5 Å². The predicted octanol–water partition coefficient (Wildman–Crippen LogP) is 13.3. The van der Waals surface area contributed by atoms with Gasteiger partial charge in [-0.15, -0.1) is 0 Å². The molecule has 4 aromatic rings. The molecule has 1 aromatic heterocycles. The first-order chi connectivity index (χ1) is 20.8. The Kier molecular flexibility index (Phi) is 13.0. The summed E-state index contributed by atoms with van der Waals surface area (Å²) in [6.45, 7) is 14.3. The van der Waals surface area contributed by atoms with Crippen LogP contribution in [0.4, 0.5) is 11.4 Å². The summed E-state index contributed by atoms with van der Waals surface area (Å²) in [6, 6.07) is 10.6. The summed E-state index contributed by atoms with van der Waals surface area (Å²) in [5.74, 6) is 0. The Morgan fingerprint density at radius 1 is 0.636 bits per heavy atom. The quantitative estimate of drug-likeness (QED) is 0.118. The summed E-state index contributed by atoms with van der Waals surface area (Å²) in [7, 11) is 0. The van der Waals surface area contributed by atoms with Crippen LogP contribution >= 0.6 is 116 Å². The van der Waals surface area contributed by atoms with E-state index < -0.39 is 0 Å². The maximum absolute atomic E-state index is 9.33. The van der Waals surface area contributed by atoms with Gasteiger partial charge in [-0.2, -0.15) is 10.5 Å². The van der Waals surface area contributed by atoms with Gasteiger partial charge in [0.1, 0.15) is 17.3 Å². The summed E-state index contributed by atoms with van der Waals surface area (Å²) in [5.41, 5.74) is 2.09. The average molecular weight is 782 g/mol. The molecular weight excluding hydrogens is 773 g/mol. The van der Waals surface area contributed by atoms with Gasteiger partial charge in [0.15, 0.2) is 0 Å². The van der Waals surface area contributed by atoms with Gasteiger partial charge >= 0.3 is 0 Å². The molecule has 0 spiro atoms. The first-order valence-electron chi connectivity index (χ1n) is 11.5. The first-order valence-corrected chi connectivity index (χ1v) is 15.3. The fourth-order valence-corrected chi connectivity index (χ4v) is 6.34. The zero-order valence-corrected chi connectivity index (χ0v) is 28.9. The predicted molar refractivity (Wildman–Crippen MR) is 181 cm³/mol. The number of halogens is 10. The van der Waals surface area contributed by atoms with Crippen LogP contribution in [-0.4, -0.2) is 4.98 Å². The van der Waals surface area contributed by atoms with E-state index in [0.29, 0.717) is 37.3 Å². The van der Waals surface area contributed by atoms with E-state index in [-0.39, 0.29) is 70.6 Å². The minimum Gasteiger partial charge on any atom is -0.243 e. The second kappa shape index (κ2) is 15.8. The zero-order chi connectivity index (χ0) is 32.9. The van der Waals surface area contributed by atoms with E-state index in [1.807, 2.05) is 12.1 Å². The molecule has 0 atom stereocenters. The van der Waals surface area contributed by atoms with E-state index in [4.69, 9.17) is 129 Å². The van der Waals surface area contributed by atoms with Crippen LogP contribution in [0.1, 0.15) is 33.4 Å². The van der Waals surface area contributed by atoms with Crippen molar-refractivity contribution in [2.24, 2.45) is 0 Å². The first kappa shape index (κ1) is 36.1. The Balaban J connectivity index is 0.000000240. The number of rotatable bonds is 4. The lowest BCUT2D eigenvalue weighted by atomic mass is 9.99. The van der Waals surface area contributed by atoms with Gasteiger partial charge in [0.05, 0.1) is 59.4 Å². The number of nitrogens with zero attached hydrogens (tertiary/aromatic N) is 5. The molecule has 4 rings (SSSR count). The molecule has 5 nitrogen and oxygen atoms in total. The number of benzene rings is 3. The third-order valence-electron chi connectivity index (χ3n) is 5.90. The Bertz CT molecular complexity index is 1960. The normalized spacial score (nSPS) is 10.1. The molecule has 15 heteroatoms. The van der Waals surface area contributed by atoms with Gasteiger partial charge in [0, 0.05) is 29.1 Å². The van der Waals surface area contributed by atoms with Gasteiger partial charge in [-0.05, 0) is 40.5 Å². The maximum atomic E-state index is 9.33. The van der Waals surface area contributed by atoms with Crippen molar-refractivity contribution >= 4 is 127 Å². The number of aromatic nitrogens is 1. The van der Waals surface area contributed by atoms with Crippen molar-refractivity contribution in [2.75, 3.05) is 0 Å². The molecule has 0 amide bonds. The van der Waals surface area contributed by atoms with Crippen LogP contribution in [0.15, 0.2) is 30.5 Å². The third-order valence-corrected chi connectivity index (χ3v) is 9.65. The van der Waals surface area contributed by atoms with Crippen LogP contribution < -0.4 is 0 Å². The molecule has 0 aliphatic rings. The smallest absolute Gasteiger partial charge is 0.225 e. The van der Waals surface area contributed by atoms with Crippen LogP contribution in [0.25, 0.3) is 9.69 Å². The highest BCUT2D eigenvalue weighted by molar-refractivity contribution is 6.48. The van der Waals surface area contributed by atoms with Crippen LogP contribution in [0.5, 0.6) is 0 Å². The molecule has 1 heterocycles. The van der Waals surface area contributed by atoms with Crippen molar-refractivity contribution in [3.8, 4) is 12.1 Å². The Hall–Kier alpha value is -2.33. The molecule has 0 unspecified atom stereocenters. The molecule has 0 aliphatic carbocycles. The van der Waals surface area contributed by atoms with Crippen molar-refractivity contribution in [3.63, 3.8) is 0 Å². The lowest BCUT2D eigenvalue weighted by Gasteiger charge is -2.14. The molecule has 0 bridgehead atoms. The molecule has 0 fully saturated rings. The van der Waals surface area contributed by atoms with Gasteiger partial charge in [-0.3, -0.25) is 0 Å². The fourth-order valence-electron chi connectivity index (χ4n) is 3.81. The number of nitriles is 2. The molecule has 0 aliphatic heterocycles. The SMILES string of the molecule is [C-]#[N+]c1c(Cl)c(Cl)c(C#N)c(Cc2c(Cl)cccc2Cl)c1Cl.[C-]#[N+]c1c(Cl)c(Cl)c(C#N)c(Cc2cc(Cl)cnc2Cl)c1Cl. The molecule has 3 aromatic carbocycles. The third kappa shape index (κ3) is 7.54. The van der Waals surface area contributed by atoms with E-state index >= 15 is 0 Å². The average Bonchev–Trinajstić information content (AvgIpc) is 2.99. The van der Waals surface area contributed by atoms with E-state index in [2.05, 4.69) is 14.7 Å². The highest BCUT2D eigenvalue weighted by atomic mass is 35.5. The molecule has 0 radical (unpaired) electrons. The van der Waals surface area contributed by atoms with Gasteiger partial charge in [-0.25, -0.2) is 14.7 Å². The van der Waals surface area contributed by atoms with Gasteiger partial charge in [-0.1, -0.05) is 122 Å². The molecule has 0 N–H and O–H groups in total. The van der Waals surface area contributed by atoms with Crippen molar-refractivity contribution < 1.29 is 0 Å². The zero-order valence-electron chi connectivity index (χ0n) is 21.3. The van der Waals surface area contributed by atoms with Gasteiger partial charge < -0.3 is 0 Å². The summed E-state index contributed by atoms with van der Waals surface area (Å²) >= 11 is 60.7. The summed E-state index contributed by atoms with van der Waals surface area (Å²) in [6.07, 6.45) is 1.72. The maximum Gasteiger partial charge on any atom is 0.225 e. The summed E-state index contributed by atoms with van der Waals surface area (Å²) in [4.78, 5) is 10.5. The van der Waals surface area contributed by atoms with Gasteiger partial charge in [0.2, 0.25) is 11.4 Å². The van der Waals surface area contributed by atoms with Crippen LogP contribution in [0.2, 0.25) is 50.4 Å². The van der Waals surface area contributed by atoms with E-state index in [1.54, 1.807) is 24.3 Å². The molecular formula is C29H9Cl10N5. The van der Waals surface area contributed by atoms with Crippen molar-refractivity contribution in [3.05, 3.63) is 137 Å². The summed E-state index contributed by atoms with van der Waals surface area (Å²) in [5, 5.41) is 20.2. The lowest BCUT2D eigenvalue weighted by Crippen LogP contribution is -1.98. The second-order valence-electron chi connectivity index (χ2n) is 8.39. The highest BCUT2D eigenvalue weighted by Gasteiger charge is 2.24. The Labute approximate surface area is 302 Å². The van der Waals surface area contributed by atoms with Crippen LogP contribution in [-0.2, 0) is 12.8 Å². The molecule has 0 saturated carbocycles. The van der Waals surface area contributed by atoms with Crippen molar-refractivity contribution in [1.82, 2.24) is 4.98 Å². The molecule has 44 heavy (non-hydrogen) atoms. The van der Waals surface area contributed by atoms with Crippen molar-refractivity contribution in [1.29, 1.82) is 10.5 Å². The van der Waals surface area contributed by atoms with E-state index in [1.165, 1.54) is 6.20 Å². The summed E-state index contributed by atoms with van der Waals surface area (Å²) < 4.78 is 0. The molecule has 220 valence electrons. The van der Waals surface area contributed by atoms with Gasteiger partial charge in [0.25, 0.3) is 0 Å². The lowest BCUT2D eigenvalue weighted by molar-refractivity contribution is 1.14. The number of hydrogen-bond acceptors (Lipinski definition) is 3. The van der Waals surface area contributed by atoms with E-state index in [0.717, 1.165) is 0 Å². The van der Waals surface area contributed by atoms with Crippen LogP contribution in [0.3, 0.4) is 0 Å². The molecule has 0 saturated heterocycles. The minimum absolute atomic E-state index is 0.00209. The van der Waals surface area contributed by atoms with Crippen molar-refractivity contribution in [2.45, 2.75) is 12.8 Å². The standard InChI is InChI=1S/C15H5Cl5N2.C14H4Cl5N3/c1-22-15-13(19)7(9(6-21)12(18)14(15)20)5-8-10(16)3-2-4-11(8)17;1-21-13-11(17)8(9(4-20)10(16)12(13)18)3-6-2-7(15)5-22-14(6)19/h2-4H,5H2;2,5H,3H2. The number of hydrogen-bond donors (Lipinski definition) is 0. The Morgan fingerprint density at radius 2 is 1.09 bits per heavy atom.